The minimum absolute atomic E-state index is 0.0736. The molecule has 12 nitrogen and oxygen atoms in total. The van der Waals surface area contributed by atoms with Crippen LogP contribution in [0.2, 0.25) is 0 Å². The van der Waals surface area contributed by atoms with Crippen molar-refractivity contribution in [2.75, 3.05) is 46.3 Å². The number of aromatic nitrogens is 2. The number of carbonyl (C=O) groups excluding carboxylic acids is 4. The quantitative estimate of drug-likeness (QED) is 0.131. The van der Waals surface area contributed by atoms with Crippen LogP contribution in [0.5, 0.6) is 0 Å². The molecule has 0 unspecified atom stereocenters. The van der Waals surface area contributed by atoms with E-state index in [1.165, 1.54) is 0 Å². The largest absolute Gasteiger partial charge is 0.348 e. The number of H-pyrrole nitrogens is 1. The minimum atomic E-state index is -0.896. The molecule has 3 aliphatic heterocycles. The highest BCUT2D eigenvalue weighted by Gasteiger charge is 2.39. The van der Waals surface area contributed by atoms with Crippen molar-refractivity contribution >= 4 is 23.8 Å². The lowest BCUT2D eigenvalue weighted by Crippen LogP contribution is -2.54. The highest BCUT2D eigenvalue weighted by atomic mass is 16.2. The van der Waals surface area contributed by atoms with Crippen molar-refractivity contribution in [2.45, 2.75) is 69.6 Å². The van der Waals surface area contributed by atoms with Crippen LogP contribution in [0.3, 0.4) is 0 Å². The zero-order chi connectivity index (χ0) is 42.5. The second kappa shape index (κ2) is 18.6. The molecule has 3 fully saturated rings. The Morgan fingerprint density at radius 3 is 1.90 bits per heavy atom. The van der Waals surface area contributed by atoms with Crippen LogP contribution < -0.4 is 10.6 Å². The van der Waals surface area contributed by atoms with Gasteiger partial charge in [-0.2, -0.15) is 0 Å². The Bertz CT molecular complexity index is 2290. The molecule has 5 amide bonds. The number of rotatable bonds is 11. The number of aromatic amines is 1. The van der Waals surface area contributed by atoms with Crippen molar-refractivity contribution in [2.24, 2.45) is 0 Å². The molecule has 0 radical (unpaired) electrons. The molecule has 8 rings (SSSR count). The fourth-order valence-electron chi connectivity index (χ4n) is 8.93. The van der Waals surface area contributed by atoms with E-state index < -0.39 is 12.1 Å². The van der Waals surface area contributed by atoms with Gasteiger partial charge in [0.05, 0.1) is 29.9 Å². The standard InChI is InChI=1S/C49H56N8O4/c1-33(35-12-6-4-7-13-35)47(59)56-26-10-16-42(56)45-50-32-41(52-45)39-24-22-38(23-25-39)37-20-18-36(19-21-37)34(2)51-46(58)43-17-11-27-57(43)48(60)44(40-14-8-5-9-15-40)53-49(61)55-30-28-54(3)29-31-55/h4-9,12-15,18-25,32-34,42-44H,10-11,16-17,26-31H2,1-3H3,(H,50,52)(H,51,58)(H,53,61)/t33-,34+,42+,43+,44-/m1/s1. The van der Waals surface area contributed by atoms with Gasteiger partial charge in [-0.3, -0.25) is 14.4 Å². The number of nitrogens with zero attached hydrogens (tertiary/aromatic N) is 5. The summed E-state index contributed by atoms with van der Waals surface area (Å²) < 4.78 is 0. The number of piperazine rings is 1. The maximum atomic E-state index is 14.2. The van der Waals surface area contributed by atoms with Crippen molar-refractivity contribution in [3.63, 3.8) is 0 Å². The summed E-state index contributed by atoms with van der Waals surface area (Å²) in [4.78, 5) is 70.7. The molecule has 0 saturated carbocycles. The smallest absolute Gasteiger partial charge is 0.318 e. The van der Waals surface area contributed by atoms with E-state index in [1.54, 1.807) is 9.80 Å². The summed E-state index contributed by atoms with van der Waals surface area (Å²) in [5.74, 6) is 0.252. The Morgan fingerprint density at radius 2 is 1.23 bits per heavy atom. The van der Waals surface area contributed by atoms with Crippen LogP contribution in [-0.4, -0.2) is 106 Å². The van der Waals surface area contributed by atoms with Gasteiger partial charge in [0.25, 0.3) is 5.91 Å². The maximum Gasteiger partial charge on any atom is 0.318 e. The summed E-state index contributed by atoms with van der Waals surface area (Å²) in [6.45, 7) is 7.83. The van der Waals surface area contributed by atoms with Crippen LogP contribution in [0.4, 0.5) is 4.79 Å². The third-order valence-corrected chi connectivity index (χ3v) is 12.7. The summed E-state index contributed by atoms with van der Waals surface area (Å²) in [6.07, 6.45) is 4.94. The minimum Gasteiger partial charge on any atom is -0.348 e. The second-order valence-electron chi connectivity index (χ2n) is 16.7. The van der Waals surface area contributed by atoms with Crippen LogP contribution in [0.1, 0.15) is 86.1 Å². The van der Waals surface area contributed by atoms with E-state index in [4.69, 9.17) is 4.98 Å². The lowest BCUT2D eigenvalue weighted by atomic mass is 9.99. The molecular weight excluding hydrogens is 765 g/mol. The third-order valence-electron chi connectivity index (χ3n) is 12.7. The first-order valence-electron chi connectivity index (χ1n) is 21.7. The third kappa shape index (κ3) is 9.24. The average molecular weight is 821 g/mol. The number of amides is 5. The maximum absolute atomic E-state index is 14.2. The molecule has 3 saturated heterocycles. The Balaban J connectivity index is 0.880. The van der Waals surface area contributed by atoms with Crippen LogP contribution in [0, 0.1) is 0 Å². The lowest BCUT2D eigenvalue weighted by molar-refractivity contribution is -0.140. The van der Waals surface area contributed by atoms with E-state index >= 15 is 0 Å². The van der Waals surface area contributed by atoms with Gasteiger partial charge in [-0.05, 0) is 80.0 Å². The summed E-state index contributed by atoms with van der Waals surface area (Å²) in [5, 5.41) is 6.17. The number of likely N-dealkylation sites (N-methyl/N-ethyl adjacent to an activating group) is 1. The van der Waals surface area contributed by atoms with E-state index in [2.05, 4.69) is 56.9 Å². The van der Waals surface area contributed by atoms with Crippen molar-refractivity contribution in [3.8, 4) is 22.4 Å². The molecule has 4 heterocycles. The van der Waals surface area contributed by atoms with E-state index in [9.17, 15) is 19.2 Å². The first-order chi connectivity index (χ1) is 29.6. The highest BCUT2D eigenvalue weighted by Crippen LogP contribution is 2.35. The van der Waals surface area contributed by atoms with Crippen LogP contribution in [-0.2, 0) is 14.4 Å². The number of carbonyl (C=O) groups is 4. The zero-order valence-corrected chi connectivity index (χ0v) is 35.3. The molecule has 5 atom stereocenters. The summed E-state index contributed by atoms with van der Waals surface area (Å²) in [5.41, 5.74) is 6.69. The van der Waals surface area contributed by atoms with Crippen molar-refractivity contribution in [3.05, 3.63) is 138 Å². The van der Waals surface area contributed by atoms with Gasteiger partial charge < -0.3 is 35.2 Å². The zero-order valence-electron chi connectivity index (χ0n) is 35.3. The summed E-state index contributed by atoms with van der Waals surface area (Å²) in [7, 11) is 2.03. The van der Waals surface area contributed by atoms with Crippen molar-refractivity contribution in [1.29, 1.82) is 0 Å². The van der Waals surface area contributed by atoms with Gasteiger partial charge in [0.15, 0.2) is 0 Å². The van der Waals surface area contributed by atoms with Gasteiger partial charge in [-0.1, -0.05) is 109 Å². The molecule has 0 spiro atoms. The fraction of sp³-hybridized carbons (Fsp3) is 0.367. The molecule has 61 heavy (non-hydrogen) atoms. The van der Waals surface area contributed by atoms with Gasteiger partial charge in [-0.25, -0.2) is 9.78 Å². The van der Waals surface area contributed by atoms with Crippen LogP contribution in [0.15, 0.2) is 115 Å². The predicted octanol–water partition coefficient (Wildman–Crippen LogP) is 7.08. The van der Waals surface area contributed by atoms with E-state index in [0.717, 1.165) is 71.8 Å². The number of nitrogens with one attached hydrogen (secondary N) is 3. The van der Waals surface area contributed by atoms with Gasteiger partial charge in [0.2, 0.25) is 11.8 Å². The Morgan fingerprint density at radius 1 is 0.639 bits per heavy atom. The second-order valence-corrected chi connectivity index (χ2v) is 16.7. The monoisotopic (exact) mass is 820 g/mol. The highest BCUT2D eigenvalue weighted by molar-refractivity contribution is 5.93. The number of imidazole rings is 1. The van der Waals surface area contributed by atoms with Crippen molar-refractivity contribution in [1.82, 2.24) is 40.2 Å². The fourth-order valence-corrected chi connectivity index (χ4v) is 8.93. The first kappa shape index (κ1) is 41.5. The average Bonchev–Trinajstić information content (AvgIpc) is 4.11. The van der Waals surface area contributed by atoms with E-state index in [1.807, 2.05) is 105 Å². The number of urea groups is 1. The number of benzene rings is 4. The number of likely N-dealkylation sites (tertiary alicyclic amines) is 2. The predicted molar refractivity (Wildman–Crippen MR) is 236 cm³/mol. The molecule has 12 heteroatoms. The topological polar surface area (TPSA) is 134 Å². The molecule has 0 bridgehead atoms. The van der Waals surface area contributed by atoms with Gasteiger partial charge in [0.1, 0.15) is 17.9 Å². The first-order valence-corrected chi connectivity index (χ1v) is 21.7. The van der Waals surface area contributed by atoms with Gasteiger partial charge in [-0.15, -0.1) is 0 Å². The summed E-state index contributed by atoms with van der Waals surface area (Å²) in [6, 6.07) is 33.6. The van der Waals surface area contributed by atoms with E-state index in [0.29, 0.717) is 38.0 Å². The Kier molecular flexibility index (Phi) is 12.6. The van der Waals surface area contributed by atoms with Gasteiger partial charge >= 0.3 is 6.03 Å². The number of hydrogen-bond donors (Lipinski definition) is 3. The Hall–Kier alpha value is -6.27. The molecule has 5 aromatic rings. The van der Waals surface area contributed by atoms with Gasteiger partial charge in [0, 0.05) is 39.3 Å². The SMILES string of the molecule is C[C@H](NC(=O)[C@@H]1CCCN1C(=O)[C@H](NC(=O)N1CCN(C)CC1)c1ccccc1)c1ccc(-c2ccc(-c3cnc([C@@H]4CCCN4C(=O)[C@H](C)c4ccccc4)[nH]3)cc2)cc1. The molecule has 3 N–H and O–H groups in total. The molecular formula is C49H56N8O4. The molecule has 4 aromatic carbocycles. The van der Waals surface area contributed by atoms with Crippen LogP contribution >= 0.6 is 0 Å². The molecule has 0 aliphatic carbocycles. The number of hydrogen-bond acceptors (Lipinski definition) is 6. The van der Waals surface area contributed by atoms with E-state index in [-0.39, 0.29) is 41.8 Å². The molecule has 316 valence electrons. The summed E-state index contributed by atoms with van der Waals surface area (Å²) >= 11 is 0. The lowest BCUT2D eigenvalue weighted by Gasteiger charge is -2.34. The molecule has 3 aliphatic rings. The molecule has 1 aromatic heterocycles. The van der Waals surface area contributed by atoms with Crippen LogP contribution in [0.25, 0.3) is 22.4 Å². The van der Waals surface area contributed by atoms with Crippen molar-refractivity contribution < 1.29 is 19.2 Å². The Labute approximate surface area is 358 Å². The normalized spacial score (nSPS) is 19.6.